The first kappa shape index (κ1) is 12.5. The second-order valence-electron chi connectivity index (χ2n) is 4.29. The Morgan fingerprint density at radius 1 is 1.53 bits per heavy atom. The molecule has 0 bridgehead atoms. The molecule has 0 saturated carbocycles. The van der Waals surface area contributed by atoms with Crippen LogP contribution in [0.3, 0.4) is 0 Å². The maximum Gasteiger partial charge on any atom is 0.234 e. The summed E-state index contributed by atoms with van der Waals surface area (Å²) < 4.78 is 0. The van der Waals surface area contributed by atoms with Gasteiger partial charge in [-0.2, -0.15) is 0 Å². The van der Waals surface area contributed by atoms with Gasteiger partial charge >= 0.3 is 0 Å². The normalized spacial score (nSPS) is 25.1. The molecular formula is C11H23N3O. The summed E-state index contributed by atoms with van der Waals surface area (Å²) in [7, 11) is 0. The summed E-state index contributed by atoms with van der Waals surface area (Å²) in [5.41, 5.74) is 11.0. The fourth-order valence-electron chi connectivity index (χ4n) is 2.49. The highest BCUT2D eigenvalue weighted by atomic mass is 16.1. The molecule has 88 valence electrons. The van der Waals surface area contributed by atoms with Gasteiger partial charge in [0.15, 0.2) is 0 Å². The van der Waals surface area contributed by atoms with Gasteiger partial charge in [-0.15, -0.1) is 0 Å². The average Bonchev–Trinajstić information content (AvgIpc) is 2.26. The Hall–Kier alpha value is -0.610. The van der Waals surface area contributed by atoms with Gasteiger partial charge < -0.3 is 11.5 Å². The first-order valence-electron chi connectivity index (χ1n) is 5.95. The fraction of sp³-hybridized carbons (Fsp3) is 0.909. The topological polar surface area (TPSA) is 72.3 Å². The number of carbonyl (C=O) groups excluding carboxylic acids is 1. The number of amides is 1. The predicted octanol–water partition coefficient (Wildman–Crippen LogP) is 0.454. The molecule has 0 aliphatic carbocycles. The van der Waals surface area contributed by atoms with Gasteiger partial charge in [-0.25, -0.2) is 0 Å². The maximum absolute atomic E-state index is 11.3. The molecule has 4 N–H and O–H groups in total. The third-order valence-corrected chi connectivity index (χ3v) is 3.31. The maximum atomic E-state index is 11.3. The van der Waals surface area contributed by atoms with Gasteiger partial charge in [0.2, 0.25) is 5.91 Å². The number of nitrogens with two attached hydrogens (primary N) is 2. The summed E-state index contributed by atoms with van der Waals surface area (Å²) in [6.07, 6.45) is 5.20. The van der Waals surface area contributed by atoms with Crippen molar-refractivity contribution in [2.45, 2.75) is 51.1 Å². The molecule has 1 heterocycles. The minimum atomic E-state index is -0.176. The van der Waals surface area contributed by atoms with Crippen LogP contribution in [0.1, 0.15) is 39.0 Å². The van der Waals surface area contributed by atoms with Crippen molar-refractivity contribution in [2.24, 2.45) is 11.5 Å². The number of nitrogens with zero attached hydrogens (tertiary/aromatic N) is 1. The van der Waals surface area contributed by atoms with Crippen LogP contribution in [0.25, 0.3) is 0 Å². The molecule has 4 nitrogen and oxygen atoms in total. The summed E-state index contributed by atoms with van der Waals surface area (Å²) in [5.74, 6) is -0.176. The lowest BCUT2D eigenvalue weighted by Crippen LogP contribution is -2.52. The number of rotatable bonds is 5. The molecule has 2 unspecified atom stereocenters. The number of carbonyl (C=O) groups is 1. The molecule has 1 aliphatic heterocycles. The quantitative estimate of drug-likeness (QED) is 0.696. The van der Waals surface area contributed by atoms with Gasteiger partial charge in [0.05, 0.1) is 6.04 Å². The first-order chi connectivity index (χ1) is 7.20. The van der Waals surface area contributed by atoms with Gasteiger partial charge in [-0.1, -0.05) is 13.3 Å². The van der Waals surface area contributed by atoms with Crippen molar-refractivity contribution in [1.82, 2.24) is 4.90 Å². The highest BCUT2D eigenvalue weighted by Crippen LogP contribution is 2.22. The van der Waals surface area contributed by atoms with Gasteiger partial charge in [0, 0.05) is 6.04 Å². The van der Waals surface area contributed by atoms with E-state index >= 15 is 0 Å². The van der Waals surface area contributed by atoms with E-state index in [1.165, 1.54) is 6.42 Å². The van der Waals surface area contributed by atoms with E-state index in [4.69, 9.17) is 11.5 Å². The number of hydrogen-bond acceptors (Lipinski definition) is 3. The monoisotopic (exact) mass is 213 g/mol. The number of hydrogen-bond donors (Lipinski definition) is 2. The zero-order valence-corrected chi connectivity index (χ0v) is 9.61. The number of piperidine rings is 1. The second kappa shape index (κ2) is 6.08. The van der Waals surface area contributed by atoms with Crippen molar-refractivity contribution >= 4 is 5.91 Å². The zero-order valence-electron chi connectivity index (χ0n) is 9.61. The molecule has 0 aromatic heterocycles. The molecule has 0 aromatic carbocycles. The summed E-state index contributed by atoms with van der Waals surface area (Å²) in [6, 6.07) is 0.364. The average molecular weight is 213 g/mol. The minimum absolute atomic E-state index is 0.0600. The lowest BCUT2D eigenvalue weighted by molar-refractivity contribution is -0.125. The predicted molar refractivity (Wildman–Crippen MR) is 61.3 cm³/mol. The van der Waals surface area contributed by atoms with Crippen molar-refractivity contribution < 1.29 is 4.79 Å². The lowest BCUT2D eigenvalue weighted by atomic mass is 9.97. The minimum Gasteiger partial charge on any atom is -0.368 e. The van der Waals surface area contributed by atoms with Crippen LogP contribution in [-0.4, -0.2) is 36.0 Å². The fourth-order valence-corrected chi connectivity index (χ4v) is 2.49. The summed E-state index contributed by atoms with van der Waals surface area (Å²) >= 11 is 0. The SMILES string of the molecule is CCC(CCN)N1CCCCC1C(N)=O. The standard InChI is InChI=1S/C11H23N3O/c1-2-9(6-7-12)14-8-4-3-5-10(14)11(13)15/h9-10H,2-8,12H2,1H3,(H2,13,15). The van der Waals surface area contributed by atoms with Crippen LogP contribution in [-0.2, 0) is 4.79 Å². The molecule has 1 fully saturated rings. The van der Waals surface area contributed by atoms with Crippen molar-refractivity contribution in [3.8, 4) is 0 Å². The van der Waals surface area contributed by atoms with Crippen LogP contribution < -0.4 is 11.5 Å². The van der Waals surface area contributed by atoms with E-state index in [-0.39, 0.29) is 11.9 Å². The molecule has 4 heteroatoms. The van der Waals surface area contributed by atoms with Crippen molar-refractivity contribution in [3.63, 3.8) is 0 Å². The van der Waals surface area contributed by atoms with E-state index < -0.39 is 0 Å². The van der Waals surface area contributed by atoms with E-state index in [0.717, 1.165) is 32.2 Å². The summed E-state index contributed by atoms with van der Waals surface area (Å²) in [6.45, 7) is 3.82. The molecule has 0 aromatic rings. The van der Waals surface area contributed by atoms with E-state index in [1.54, 1.807) is 0 Å². The van der Waals surface area contributed by atoms with Crippen LogP contribution >= 0.6 is 0 Å². The van der Waals surface area contributed by atoms with Gasteiger partial charge in [-0.3, -0.25) is 9.69 Å². The van der Waals surface area contributed by atoms with E-state index in [1.807, 2.05) is 0 Å². The van der Waals surface area contributed by atoms with Crippen molar-refractivity contribution in [2.75, 3.05) is 13.1 Å². The Morgan fingerprint density at radius 3 is 2.80 bits per heavy atom. The van der Waals surface area contributed by atoms with E-state index in [9.17, 15) is 4.79 Å². The molecule has 0 spiro atoms. The molecule has 1 saturated heterocycles. The third-order valence-electron chi connectivity index (χ3n) is 3.31. The van der Waals surface area contributed by atoms with Crippen LogP contribution in [0.4, 0.5) is 0 Å². The third kappa shape index (κ3) is 3.18. The Balaban J connectivity index is 2.64. The highest BCUT2D eigenvalue weighted by molar-refractivity contribution is 5.80. The zero-order chi connectivity index (χ0) is 11.3. The molecule has 0 radical (unpaired) electrons. The van der Waals surface area contributed by atoms with Crippen LogP contribution in [0, 0.1) is 0 Å². The molecule has 1 rings (SSSR count). The number of primary amides is 1. The summed E-state index contributed by atoms with van der Waals surface area (Å²) in [4.78, 5) is 13.6. The highest BCUT2D eigenvalue weighted by Gasteiger charge is 2.30. The molecule has 1 amide bonds. The number of likely N-dealkylation sites (tertiary alicyclic amines) is 1. The summed E-state index contributed by atoms with van der Waals surface area (Å²) in [5, 5.41) is 0. The molecule has 2 atom stereocenters. The van der Waals surface area contributed by atoms with Crippen LogP contribution in [0.15, 0.2) is 0 Å². The molecular weight excluding hydrogens is 190 g/mol. The Morgan fingerprint density at radius 2 is 2.27 bits per heavy atom. The Labute approximate surface area is 92.0 Å². The van der Waals surface area contributed by atoms with Crippen LogP contribution in [0.5, 0.6) is 0 Å². The Bertz CT molecular complexity index is 208. The van der Waals surface area contributed by atoms with Crippen LogP contribution in [0.2, 0.25) is 0 Å². The van der Waals surface area contributed by atoms with Gasteiger partial charge in [0.25, 0.3) is 0 Å². The van der Waals surface area contributed by atoms with Crippen molar-refractivity contribution in [3.05, 3.63) is 0 Å². The second-order valence-corrected chi connectivity index (χ2v) is 4.29. The molecule has 1 aliphatic rings. The lowest BCUT2D eigenvalue weighted by Gasteiger charge is -2.39. The largest absolute Gasteiger partial charge is 0.368 e. The smallest absolute Gasteiger partial charge is 0.234 e. The van der Waals surface area contributed by atoms with Gasteiger partial charge in [-0.05, 0) is 38.8 Å². The van der Waals surface area contributed by atoms with Crippen molar-refractivity contribution in [1.29, 1.82) is 0 Å². The first-order valence-corrected chi connectivity index (χ1v) is 5.95. The van der Waals surface area contributed by atoms with E-state index in [0.29, 0.717) is 12.6 Å². The Kier molecular flexibility index (Phi) is 5.05. The van der Waals surface area contributed by atoms with E-state index in [2.05, 4.69) is 11.8 Å². The van der Waals surface area contributed by atoms with Gasteiger partial charge in [0.1, 0.15) is 0 Å². The molecule has 15 heavy (non-hydrogen) atoms.